The normalized spacial score (nSPS) is 19.0. The van der Waals surface area contributed by atoms with Crippen molar-refractivity contribution in [3.8, 4) is 0 Å². The molecule has 0 bridgehead atoms. The Morgan fingerprint density at radius 3 is 2.00 bits per heavy atom. The van der Waals surface area contributed by atoms with Crippen molar-refractivity contribution in [2.24, 2.45) is 5.92 Å². The summed E-state index contributed by atoms with van der Waals surface area (Å²) in [5.74, 6) is 0.654. The Bertz CT molecular complexity index is 931. The number of aryl methyl sites for hydroxylation is 3. The smallest absolute Gasteiger partial charge is 0.159 e. The number of carbonyl (C=O) groups is 3. The largest absolute Gasteiger partial charge is 0.299 e. The van der Waals surface area contributed by atoms with Gasteiger partial charge >= 0.3 is 0 Å². The van der Waals surface area contributed by atoms with E-state index in [1.807, 2.05) is 24.3 Å². The molecule has 4 heteroatoms. The second-order valence-corrected chi connectivity index (χ2v) is 9.73. The predicted octanol–water partition coefficient (Wildman–Crippen LogP) is 6.14. The Hall–Kier alpha value is -2.20. The summed E-state index contributed by atoms with van der Waals surface area (Å²) in [6.07, 6.45) is 3.49. The molecule has 31 heavy (non-hydrogen) atoms. The lowest BCUT2D eigenvalue weighted by molar-refractivity contribution is -0.133. The van der Waals surface area contributed by atoms with Crippen LogP contribution < -0.4 is 0 Å². The highest BCUT2D eigenvalue weighted by molar-refractivity contribution is 7.99. The van der Waals surface area contributed by atoms with Crippen LogP contribution >= 0.6 is 11.8 Å². The number of thioether (sulfide) groups is 1. The summed E-state index contributed by atoms with van der Waals surface area (Å²) in [5, 5.41) is 0. The Kier molecular flexibility index (Phi) is 7.88. The molecule has 2 aromatic carbocycles. The zero-order chi connectivity index (χ0) is 22.5. The molecular formula is C27H32O3S. The summed E-state index contributed by atoms with van der Waals surface area (Å²) in [7, 11) is 0. The van der Waals surface area contributed by atoms with E-state index in [4.69, 9.17) is 0 Å². The zero-order valence-electron chi connectivity index (χ0n) is 19.0. The lowest BCUT2D eigenvalue weighted by Crippen LogP contribution is -2.33. The highest BCUT2D eigenvalue weighted by Gasteiger charge is 2.38. The number of rotatable bonds is 8. The number of Topliss-reactive ketones (excluding diaryl/α,β-unsaturated/α-hetero) is 3. The third-order valence-electron chi connectivity index (χ3n) is 6.23. The molecule has 3 rings (SSSR count). The van der Waals surface area contributed by atoms with E-state index in [2.05, 4.69) is 32.9 Å². The Balaban J connectivity index is 1.65. The first-order valence-electron chi connectivity index (χ1n) is 11.3. The lowest BCUT2D eigenvalue weighted by Gasteiger charge is -2.29. The maximum atomic E-state index is 13.1. The third-order valence-corrected chi connectivity index (χ3v) is 7.27. The monoisotopic (exact) mass is 436 g/mol. The number of ketones is 3. The van der Waals surface area contributed by atoms with Gasteiger partial charge in [0.25, 0.3) is 0 Å². The molecule has 1 saturated carbocycles. The van der Waals surface area contributed by atoms with Gasteiger partial charge in [-0.3, -0.25) is 14.4 Å². The molecule has 2 aromatic rings. The maximum absolute atomic E-state index is 13.1. The molecule has 0 N–H and O–H groups in total. The van der Waals surface area contributed by atoms with Crippen molar-refractivity contribution in [1.82, 2.24) is 0 Å². The summed E-state index contributed by atoms with van der Waals surface area (Å²) in [5.41, 5.74) is 5.19. The van der Waals surface area contributed by atoms with Gasteiger partial charge in [-0.1, -0.05) is 43.7 Å². The van der Waals surface area contributed by atoms with Crippen LogP contribution in [0.1, 0.15) is 78.6 Å². The quantitative estimate of drug-likeness (QED) is 0.283. The van der Waals surface area contributed by atoms with Gasteiger partial charge in [-0.05, 0) is 73.6 Å². The van der Waals surface area contributed by atoms with Crippen molar-refractivity contribution >= 4 is 29.1 Å². The van der Waals surface area contributed by atoms with E-state index in [1.165, 1.54) is 5.56 Å². The average Bonchev–Trinajstić information content (AvgIpc) is 2.74. The molecular weight excluding hydrogens is 404 g/mol. The van der Waals surface area contributed by atoms with E-state index in [0.29, 0.717) is 18.4 Å². The number of hydrogen-bond acceptors (Lipinski definition) is 4. The first-order chi connectivity index (χ1) is 14.8. The maximum Gasteiger partial charge on any atom is 0.159 e. The Morgan fingerprint density at radius 1 is 0.968 bits per heavy atom. The van der Waals surface area contributed by atoms with Crippen molar-refractivity contribution in [2.45, 2.75) is 70.6 Å². The molecule has 0 spiro atoms. The van der Waals surface area contributed by atoms with Crippen LogP contribution in [-0.4, -0.2) is 23.1 Å². The molecule has 0 heterocycles. The molecule has 0 aromatic heterocycles. The summed E-state index contributed by atoms with van der Waals surface area (Å²) in [4.78, 5) is 38.7. The molecule has 3 nitrogen and oxygen atoms in total. The molecule has 0 radical (unpaired) electrons. The lowest BCUT2D eigenvalue weighted by atomic mass is 9.73. The van der Waals surface area contributed by atoms with Crippen LogP contribution in [0, 0.1) is 12.8 Å². The van der Waals surface area contributed by atoms with Gasteiger partial charge in [0.1, 0.15) is 17.5 Å². The number of hydrogen-bond donors (Lipinski definition) is 0. The summed E-state index contributed by atoms with van der Waals surface area (Å²) in [6, 6.07) is 11.9. The Morgan fingerprint density at radius 2 is 1.52 bits per heavy atom. The summed E-state index contributed by atoms with van der Waals surface area (Å²) in [6.45, 7) is 7.83. The minimum Gasteiger partial charge on any atom is -0.299 e. The van der Waals surface area contributed by atoms with Crippen LogP contribution in [0.4, 0.5) is 0 Å². The van der Waals surface area contributed by atoms with Crippen LogP contribution in [0.15, 0.2) is 41.3 Å². The standard InChI is InChI=1S/C27H32O3S/c1-5-20-13-17(3)14-21(6-2)26(20)27-24(29)15-19(16-25(27)30)11-12-31-23-9-7-22(8-10-23)18(4)28/h7-10,13-14,19,27H,5-6,11-12,15-16H2,1-4H3. The summed E-state index contributed by atoms with van der Waals surface area (Å²) >= 11 is 1.71. The van der Waals surface area contributed by atoms with E-state index in [0.717, 1.165) is 46.6 Å². The van der Waals surface area contributed by atoms with E-state index < -0.39 is 5.92 Å². The van der Waals surface area contributed by atoms with Crippen LogP contribution in [0.2, 0.25) is 0 Å². The van der Waals surface area contributed by atoms with Crippen LogP contribution in [-0.2, 0) is 22.4 Å². The van der Waals surface area contributed by atoms with Crippen LogP contribution in [0.3, 0.4) is 0 Å². The van der Waals surface area contributed by atoms with Gasteiger partial charge in [-0.15, -0.1) is 11.8 Å². The molecule has 0 amide bonds. The van der Waals surface area contributed by atoms with Crippen molar-refractivity contribution in [3.05, 3.63) is 64.2 Å². The van der Waals surface area contributed by atoms with E-state index in [9.17, 15) is 14.4 Å². The van der Waals surface area contributed by atoms with Gasteiger partial charge in [0, 0.05) is 23.3 Å². The molecule has 0 unspecified atom stereocenters. The van der Waals surface area contributed by atoms with Crippen molar-refractivity contribution in [2.75, 3.05) is 5.75 Å². The second kappa shape index (κ2) is 10.4. The number of carbonyl (C=O) groups excluding carboxylic acids is 3. The molecule has 0 atom stereocenters. The molecule has 1 aliphatic rings. The van der Waals surface area contributed by atoms with Crippen molar-refractivity contribution in [1.29, 1.82) is 0 Å². The molecule has 0 saturated heterocycles. The topological polar surface area (TPSA) is 51.2 Å². The predicted molar refractivity (Wildman–Crippen MR) is 127 cm³/mol. The second-order valence-electron chi connectivity index (χ2n) is 8.56. The van der Waals surface area contributed by atoms with Gasteiger partial charge in [-0.25, -0.2) is 0 Å². The SMILES string of the molecule is CCc1cc(C)cc(CC)c1C1C(=O)CC(CCSc2ccc(C(C)=O)cc2)CC1=O. The minimum atomic E-state index is -0.575. The fourth-order valence-corrected chi connectivity index (χ4v) is 5.64. The molecule has 1 aliphatic carbocycles. The van der Waals surface area contributed by atoms with Crippen LogP contribution in [0.25, 0.3) is 0 Å². The van der Waals surface area contributed by atoms with E-state index >= 15 is 0 Å². The highest BCUT2D eigenvalue weighted by atomic mass is 32.2. The van der Waals surface area contributed by atoms with Gasteiger partial charge in [0.2, 0.25) is 0 Å². The van der Waals surface area contributed by atoms with Crippen LogP contribution in [0.5, 0.6) is 0 Å². The first kappa shape index (κ1) is 23.5. The molecule has 0 aliphatic heterocycles. The van der Waals surface area contributed by atoms with Crippen molar-refractivity contribution < 1.29 is 14.4 Å². The molecule has 164 valence electrons. The fourth-order valence-electron chi connectivity index (χ4n) is 4.62. The van der Waals surface area contributed by atoms with Gasteiger partial charge in [0.05, 0.1) is 0 Å². The third kappa shape index (κ3) is 5.54. The van der Waals surface area contributed by atoms with Crippen molar-refractivity contribution in [3.63, 3.8) is 0 Å². The zero-order valence-corrected chi connectivity index (χ0v) is 19.8. The average molecular weight is 437 g/mol. The Labute approximate surface area is 190 Å². The summed E-state index contributed by atoms with van der Waals surface area (Å²) < 4.78 is 0. The fraction of sp³-hybridized carbons (Fsp3) is 0.444. The van der Waals surface area contributed by atoms with E-state index in [1.54, 1.807) is 18.7 Å². The van der Waals surface area contributed by atoms with E-state index in [-0.39, 0.29) is 23.3 Å². The molecule has 1 fully saturated rings. The van der Waals surface area contributed by atoms with Gasteiger partial charge in [0.15, 0.2) is 5.78 Å². The number of benzene rings is 2. The van der Waals surface area contributed by atoms with Gasteiger partial charge < -0.3 is 0 Å². The highest BCUT2D eigenvalue weighted by Crippen LogP contribution is 2.37. The minimum absolute atomic E-state index is 0.0661. The first-order valence-corrected chi connectivity index (χ1v) is 12.2. The van der Waals surface area contributed by atoms with Gasteiger partial charge in [-0.2, -0.15) is 0 Å².